The van der Waals surface area contributed by atoms with Crippen molar-refractivity contribution in [2.75, 3.05) is 0 Å². The summed E-state index contributed by atoms with van der Waals surface area (Å²) in [5, 5.41) is -0.872. The molecule has 0 amide bonds. The van der Waals surface area contributed by atoms with Crippen molar-refractivity contribution in [3.8, 4) is 0 Å². The second-order valence-electron chi connectivity index (χ2n) is 2.45. The first-order chi connectivity index (χ1) is 6.75. The van der Waals surface area contributed by atoms with Crippen molar-refractivity contribution >= 4 is 31.3 Å². The quantitative estimate of drug-likeness (QED) is 0.840. The van der Waals surface area contributed by atoms with Crippen molar-refractivity contribution in [3.05, 3.63) is 27.1 Å². The van der Waals surface area contributed by atoms with E-state index in [0.29, 0.717) is 6.20 Å². The zero-order valence-electron chi connectivity index (χ0n) is 6.80. The number of hydrogen-bond acceptors (Lipinski definition) is 3. The second kappa shape index (κ2) is 4.07. The summed E-state index contributed by atoms with van der Waals surface area (Å²) in [4.78, 5) is 11.7. The van der Waals surface area contributed by atoms with Crippen LogP contribution in [0.4, 0.5) is 8.78 Å². The van der Waals surface area contributed by atoms with Gasteiger partial charge in [0.2, 0.25) is 0 Å². The molecule has 0 radical (unpaired) electrons. The normalized spacial score (nSPS) is 12.1. The fraction of sp³-hybridized carbons (Fsp3) is 0.167. The molecular weight excluding hydrogens is 275 g/mol. The molecule has 0 aliphatic carbocycles. The van der Waals surface area contributed by atoms with Crippen LogP contribution in [0.2, 0.25) is 5.02 Å². The first-order valence-corrected chi connectivity index (χ1v) is 6.07. The fourth-order valence-corrected chi connectivity index (χ4v) is 2.73. The maximum absolute atomic E-state index is 12.4. The molecular formula is C6H3Cl2F2NO3S. The molecule has 1 aromatic heterocycles. The van der Waals surface area contributed by atoms with Crippen LogP contribution in [-0.4, -0.2) is 13.4 Å². The molecule has 4 nitrogen and oxygen atoms in total. The van der Waals surface area contributed by atoms with E-state index >= 15 is 0 Å². The summed E-state index contributed by atoms with van der Waals surface area (Å²) in [5.74, 6) is 0. The first-order valence-electron chi connectivity index (χ1n) is 3.39. The Morgan fingerprint density at radius 3 is 2.33 bits per heavy atom. The standard InChI is InChI=1S/C6H3Cl2F2NO3S/c7-3-4(15(8,13)14)2(5(9)10)1-11-6(3)12/h1,5H,(H,11,12). The first kappa shape index (κ1) is 12.4. The third-order valence-electron chi connectivity index (χ3n) is 1.50. The zero-order valence-corrected chi connectivity index (χ0v) is 9.13. The summed E-state index contributed by atoms with van der Waals surface area (Å²) in [5.41, 5.74) is -1.94. The topological polar surface area (TPSA) is 67.0 Å². The Labute approximate surface area is 92.2 Å². The van der Waals surface area contributed by atoms with Crippen LogP contribution in [0.3, 0.4) is 0 Å². The van der Waals surface area contributed by atoms with E-state index < -0.39 is 36.5 Å². The van der Waals surface area contributed by atoms with E-state index in [1.165, 1.54) is 0 Å². The minimum Gasteiger partial charge on any atom is -0.327 e. The zero-order chi connectivity index (χ0) is 11.8. The van der Waals surface area contributed by atoms with Crippen molar-refractivity contribution in [2.45, 2.75) is 11.3 Å². The average Bonchev–Trinajstić information content (AvgIpc) is 2.06. The van der Waals surface area contributed by atoms with Crippen LogP contribution in [-0.2, 0) is 9.05 Å². The molecule has 0 aliphatic heterocycles. The number of halogens is 4. The van der Waals surface area contributed by atoms with Crippen LogP contribution in [0.25, 0.3) is 0 Å². The van der Waals surface area contributed by atoms with E-state index in [1.54, 1.807) is 0 Å². The third-order valence-corrected chi connectivity index (χ3v) is 3.36. The lowest BCUT2D eigenvalue weighted by Gasteiger charge is -2.06. The van der Waals surface area contributed by atoms with Gasteiger partial charge in [0, 0.05) is 16.9 Å². The number of aromatic amines is 1. The van der Waals surface area contributed by atoms with Gasteiger partial charge in [0.15, 0.2) is 0 Å². The number of nitrogens with one attached hydrogen (secondary N) is 1. The van der Waals surface area contributed by atoms with E-state index in [4.69, 9.17) is 22.3 Å². The number of H-pyrrole nitrogens is 1. The SMILES string of the molecule is O=c1[nH]cc(C(F)F)c(S(=O)(=O)Cl)c1Cl. The van der Waals surface area contributed by atoms with Gasteiger partial charge < -0.3 is 4.98 Å². The van der Waals surface area contributed by atoms with E-state index in [0.717, 1.165) is 0 Å². The van der Waals surface area contributed by atoms with Gasteiger partial charge in [-0.1, -0.05) is 11.6 Å². The van der Waals surface area contributed by atoms with Gasteiger partial charge in [-0.15, -0.1) is 0 Å². The molecule has 15 heavy (non-hydrogen) atoms. The molecule has 0 unspecified atom stereocenters. The highest BCUT2D eigenvalue weighted by Crippen LogP contribution is 2.31. The lowest BCUT2D eigenvalue weighted by molar-refractivity contribution is 0.147. The molecule has 84 valence electrons. The molecule has 0 bridgehead atoms. The van der Waals surface area contributed by atoms with E-state index in [2.05, 4.69) is 0 Å². The molecule has 1 N–H and O–H groups in total. The Kier molecular flexibility index (Phi) is 3.37. The average molecular weight is 278 g/mol. The maximum Gasteiger partial charge on any atom is 0.268 e. The maximum atomic E-state index is 12.4. The fourth-order valence-electron chi connectivity index (χ4n) is 0.912. The van der Waals surface area contributed by atoms with E-state index in [9.17, 15) is 22.0 Å². The van der Waals surface area contributed by atoms with E-state index in [-0.39, 0.29) is 0 Å². The molecule has 0 spiro atoms. The highest BCUT2D eigenvalue weighted by atomic mass is 35.7. The summed E-state index contributed by atoms with van der Waals surface area (Å²) in [6, 6.07) is 0. The van der Waals surface area contributed by atoms with Crippen molar-refractivity contribution in [2.24, 2.45) is 0 Å². The Hall–Kier alpha value is -0.660. The molecule has 1 heterocycles. The van der Waals surface area contributed by atoms with Gasteiger partial charge in [-0.25, -0.2) is 17.2 Å². The van der Waals surface area contributed by atoms with Gasteiger partial charge in [-0.2, -0.15) is 0 Å². The van der Waals surface area contributed by atoms with Gasteiger partial charge >= 0.3 is 0 Å². The highest BCUT2D eigenvalue weighted by Gasteiger charge is 2.26. The number of rotatable bonds is 2. The van der Waals surface area contributed by atoms with Crippen molar-refractivity contribution in [1.29, 1.82) is 0 Å². The molecule has 0 aliphatic rings. The van der Waals surface area contributed by atoms with Crippen molar-refractivity contribution < 1.29 is 17.2 Å². The van der Waals surface area contributed by atoms with Crippen molar-refractivity contribution in [3.63, 3.8) is 0 Å². The summed E-state index contributed by atoms with van der Waals surface area (Å²) in [7, 11) is 0.395. The minimum atomic E-state index is -4.49. The van der Waals surface area contributed by atoms with E-state index in [1.807, 2.05) is 4.98 Å². The van der Waals surface area contributed by atoms with Crippen molar-refractivity contribution in [1.82, 2.24) is 4.98 Å². The van der Waals surface area contributed by atoms with Gasteiger partial charge in [-0.05, 0) is 0 Å². The third kappa shape index (κ3) is 2.47. The number of pyridine rings is 1. The van der Waals surface area contributed by atoms with Gasteiger partial charge in [0.25, 0.3) is 21.0 Å². The number of alkyl halides is 2. The lowest BCUT2D eigenvalue weighted by atomic mass is 10.3. The Morgan fingerprint density at radius 1 is 1.40 bits per heavy atom. The monoisotopic (exact) mass is 277 g/mol. The van der Waals surface area contributed by atoms with Gasteiger partial charge in [0.1, 0.15) is 9.92 Å². The largest absolute Gasteiger partial charge is 0.327 e. The van der Waals surface area contributed by atoms with Crippen LogP contribution in [0.5, 0.6) is 0 Å². The van der Waals surface area contributed by atoms with Gasteiger partial charge in [0.05, 0.1) is 5.56 Å². The second-order valence-corrected chi connectivity index (χ2v) is 5.34. The Balaban J connectivity index is 3.73. The molecule has 9 heteroatoms. The molecule has 1 rings (SSSR count). The minimum absolute atomic E-state index is 0.564. The Morgan fingerprint density at radius 2 is 1.93 bits per heavy atom. The van der Waals surface area contributed by atoms with Crippen LogP contribution in [0, 0.1) is 0 Å². The molecule has 0 aromatic carbocycles. The molecule has 0 saturated heterocycles. The summed E-state index contributed by atoms with van der Waals surface area (Å²) < 4.78 is 46.6. The smallest absolute Gasteiger partial charge is 0.268 e. The Bertz CT molecular complexity index is 540. The van der Waals surface area contributed by atoms with Crippen LogP contribution < -0.4 is 5.56 Å². The lowest BCUT2D eigenvalue weighted by Crippen LogP contribution is -2.13. The molecule has 0 fully saturated rings. The summed E-state index contributed by atoms with van der Waals surface area (Å²) in [6.45, 7) is 0. The molecule has 0 atom stereocenters. The van der Waals surface area contributed by atoms with Crippen LogP contribution >= 0.6 is 22.3 Å². The number of aromatic nitrogens is 1. The molecule has 1 aromatic rings. The highest BCUT2D eigenvalue weighted by molar-refractivity contribution is 8.13. The summed E-state index contributed by atoms with van der Waals surface area (Å²) in [6.07, 6.45) is -2.54. The van der Waals surface area contributed by atoms with Crippen LogP contribution in [0.15, 0.2) is 15.9 Å². The number of hydrogen-bond donors (Lipinski definition) is 1. The van der Waals surface area contributed by atoms with Gasteiger partial charge in [-0.3, -0.25) is 4.79 Å². The van der Waals surface area contributed by atoms with Crippen LogP contribution in [0.1, 0.15) is 12.0 Å². The summed E-state index contributed by atoms with van der Waals surface area (Å²) >= 11 is 5.29. The molecule has 0 saturated carbocycles. The predicted molar refractivity (Wildman–Crippen MR) is 50.1 cm³/mol. The predicted octanol–water partition coefficient (Wildman–Crippen LogP) is 1.89.